The molecular weight excluding hydrogens is 402 g/mol. The Hall–Kier alpha value is -3.46. The van der Waals surface area contributed by atoms with Crippen molar-refractivity contribution in [1.82, 2.24) is 15.6 Å². The van der Waals surface area contributed by atoms with E-state index in [0.717, 1.165) is 29.0 Å². The van der Waals surface area contributed by atoms with Gasteiger partial charge in [-0.2, -0.15) is 5.10 Å². The van der Waals surface area contributed by atoms with Crippen LogP contribution in [0.5, 0.6) is 11.5 Å². The molecule has 0 fully saturated rings. The van der Waals surface area contributed by atoms with E-state index in [9.17, 15) is 4.79 Å². The Kier molecular flexibility index (Phi) is 7.73. The molecule has 1 heterocycles. The van der Waals surface area contributed by atoms with Gasteiger partial charge in [-0.15, -0.1) is 10.2 Å². The third kappa shape index (κ3) is 6.85. The summed E-state index contributed by atoms with van der Waals surface area (Å²) in [5.41, 5.74) is 9.90. The number of nitrogens with one attached hydrogen (secondary N) is 1. The molecule has 0 aliphatic carbocycles. The minimum Gasteiger partial charge on any atom is -0.493 e. The second-order valence-corrected chi connectivity index (χ2v) is 7.48. The number of carbonyl (C=O) groups excluding carboxylic acids is 1. The number of carbonyl (C=O) groups is 1. The molecule has 3 rings (SSSR count). The van der Waals surface area contributed by atoms with Gasteiger partial charge in [0, 0.05) is 6.42 Å². The number of para-hydroxylation sites is 1. The van der Waals surface area contributed by atoms with E-state index in [-0.39, 0.29) is 12.3 Å². The molecular formula is C21H23N5O3S. The predicted octanol–water partition coefficient (Wildman–Crippen LogP) is 2.97. The van der Waals surface area contributed by atoms with Crippen molar-refractivity contribution in [2.45, 2.75) is 19.8 Å². The van der Waals surface area contributed by atoms with Gasteiger partial charge in [-0.25, -0.2) is 5.43 Å². The molecule has 0 aliphatic heterocycles. The molecule has 9 heteroatoms. The summed E-state index contributed by atoms with van der Waals surface area (Å²) in [6.45, 7) is 3.18. The minimum absolute atomic E-state index is 0.0898. The highest BCUT2D eigenvalue weighted by Gasteiger charge is 2.07. The summed E-state index contributed by atoms with van der Waals surface area (Å²) in [7, 11) is 0. The lowest BCUT2D eigenvalue weighted by molar-refractivity contribution is -0.120. The Morgan fingerprint density at radius 1 is 1.13 bits per heavy atom. The van der Waals surface area contributed by atoms with E-state index in [0.29, 0.717) is 23.4 Å². The third-order valence-electron chi connectivity index (χ3n) is 3.99. The molecule has 0 atom stereocenters. The van der Waals surface area contributed by atoms with Crippen molar-refractivity contribution in [1.29, 1.82) is 0 Å². The fourth-order valence-electron chi connectivity index (χ4n) is 2.49. The van der Waals surface area contributed by atoms with Crippen molar-refractivity contribution in [3.8, 4) is 11.5 Å². The number of amides is 1. The van der Waals surface area contributed by atoms with Gasteiger partial charge in [0.25, 0.3) is 0 Å². The van der Waals surface area contributed by atoms with Crippen LogP contribution in [0.1, 0.15) is 22.6 Å². The van der Waals surface area contributed by atoms with Gasteiger partial charge in [-0.3, -0.25) is 4.79 Å². The number of rotatable bonds is 10. The second-order valence-electron chi connectivity index (χ2n) is 6.39. The standard InChI is InChI=1S/C21H23N5O3S/c1-15-5-2-3-6-18(15)29-12-4-11-28-17-9-7-16(8-10-17)14-23-24-19(27)13-20-25-26-21(22)30-20/h2-3,5-10,14H,4,11-13H2,1H3,(H2,22,26)(H,24,27)/b23-14-. The van der Waals surface area contributed by atoms with Crippen molar-refractivity contribution in [3.63, 3.8) is 0 Å². The molecule has 0 unspecified atom stereocenters. The van der Waals surface area contributed by atoms with Crippen molar-refractivity contribution < 1.29 is 14.3 Å². The van der Waals surface area contributed by atoms with Gasteiger partial charge in [0.15, 0.2) is 0 Å². The van der Waals surface area contributed by atoms with E-state index in [4.69, 9.17) is 15.2 Å². The average Bonchev–Trinajstić information content (AvgIpc) is 3.14. The highest BCUT2D eigenvalue weighted by molar-refractivity contribution is 7.15. The zero-order valence-electron chi connectivity index (χ0n) is 16.6. The van der Waals surface area contributed by atoms with E-state index in [2.05, 4.69) is 20.7 Å². The number of aryl methyl sites for hydroxylation is 1. The van der Waals surface area contributed by atoms with Gasteiger partial charge in [0.2, 0.25) is 11.0 Å². The first-order valence-corrected chi connectivity index (χ1v) is 10.2. The first-order chi connectivity index (χ1) is 14.6. The van der Waals surface area contributed by atoms with Crippen molar-refractivity contribution in [3.05, 3.63) is 64.7 Å². The fourth-order valence-corrected chi connectivity index (χ4v) is 3.10. The summed E-state index contributed by atoms with van der Waals surface area (Å²) in [4.78, 5) is 11.8. The van der Waals surface area contributed by atoms with Gasteiger partial charge in [0.1, 0.15) is 16.5 Å². The van der Waals surface area contributed by atoms with E-state index in [1.54, 1.807) is 6.21 Å². The molecule has 30 heavy (non-hydrogen) atoms. The molecule has 0 aliphatic rings. The van der Waals surface area contributed by atoms with Gasteiger partial charge in [-0.05, 0) is 48.4 Å². The Balaban J connectivity index is 1.34. The van der Waals surface area contributed by atoms with Crippen LogP contribution in [0, 0.1) is 6.92 Å². The summed E-state index contributed by atoms with van der Waals surface area (Å²) in [5.74, 6) is 1.39. The van der Waals surface area contributed by atoms with Crippen LogP contribution < -0.4 is 20.6 Å². The topological polar surface area (TPSA) is 112 Å². The largest absolute Gasteiger partial charge is 0.493 e. The molecule has 0 saturated heterocycles. The van der Waals surface area contributed by atoms with Crippen molar-refractivity contribution >= 4 is 28.6 Å². The molecule has 0 saturated carbocycles. The van der Waals surface area contributed by atoms with Gasteiger partial charge < -0.3 is 15.2 Å². The average molecular weight is 426 g/mol. The SMILES string of the molecule is Cc1ccccc1OCCCOc1ccc(/C=N\NC(=O)Cc2nnc(N)s2)cc1. The quantitative estimate of drug-likeness (QED) is 0.293. The summed E-state index contributed by atoms with van der Waals surface area (Å²) >= 11 is 1.18. The summed E-state index contributed by atoms with van der Waals surface area (Å²) < 4.78 is 11.5. The third-order valence-corrected chi connectivity index (χ3v) is 4.74. The lowest BCUT2D eigenvalue weighted by Crippen LogP contribution is -2.19. The van der Waals surface area contributed by atoms with Crippen molar-refractivity contribution in [2.24, 2.45) is 5.10 Å². The zero-order chi connectivity index (χ0) is 21.2. The molecule has 0 radical (unpaired) electrons. The van der Waals surface area contributed by atoms with Crippen LogP contribution in [0.4, 0.5) is 5.13 Å². The molecule has 156 valence electrons. The van der Waals surface area contributed by atoms with Crippen LogP contribution in [0.15, 0.2) is 53.6 Å². The van der Waals surface area contributed by atoms with E-state index >= 15 is 0 Å². The van der Waals surface area contributed by atoms with Gasteiger partial charge in [-0.1, -0.05) is 29.5 Å². The van der Waals surface area contributed by atoms with Crippen LogP contribution in [-0.2, 0) is 11.2 Å². The van der Waals surface area contributed by atoms with E-state index in [1.807, 2.05) is 55.5 Å². The van der Waals surface area contributed by atoms with Crippen LogP contribution >= 0.6 is 11.3 Å². The van der Waals surface area contributed by atoms with E-state index < -0.39 is 0 Å². The second kappa shape index (κ2) is 10.9. The first kappa shape index (κ1) is 21.3. The smallest absolute Gasteiger partial charge is 0.247 e. The number of benzene rings is 2. The number of hydrogen-bond acceptors (Lipinski definition) is 8. The molecule has 0 bridgehead atoms. The number of nitrogens with two attached hydrogens (primary N) is 1. The molecule has 8 nitrogen and oxygen atoms in total. The molecule has 0 spiro atoms. The Morgan fingerprint density at radius 3 is 2.63 bits per heavy atom. The molecule has 3 aromatic rings. The Bertz CT molecular complexity index is 988. The summed E-state index contributed by atoms with van der Waals surface area (Å²) in [6, 6.07) is 15.4. The number of nitrogen functional groups attached to an aromatic ring is 1. The zero-order valence-corrected chi connectivity index (χ0v) is 17.4. The van der Waals surface area contributed by atoms with E-state index in [1.165, 1.54) is 11.3 Å². The Labute approximate surface area is 178 Å². The number of anilines is 1. The normalized spacial score (nSPS) is 10.8. The molecule has 1 aromatic heterocycles. The first-order valence-electron chi connectivity index (χ1n) is 9.41. The van der Waals surface area contributed by atoms with Crippen LogP contribution in [0.2, 0.25) is 0 Å². The monoisotopic (exact) mass is 425 g/mol. The van der Waals surface area contributed by atoms with Gasteiger partial charge >= 0.3 is 0 Å². The van der Waals surface area contributed by atoms with Crippen LogP contribution in [0.3, 0.4) is 0 Å². The van der Waals surface area contributed by atoms with Crippen LogP contribution in [0.25, 0.3) is 0 Å². The molecule has 1 amide bonds. The summed E-state index contributed by atoms with van der Waals surface area (Å²) in [5, 5.41) is 12.3. The Morgan fingerprint density at radius 2 is 1.90 bits per heavy atom. The minimum atomic E-state index is -0.282. The van der Waals surface area contributed by atoms with Gasteiger partial charge in [0.05, 0.1) is 25.8 Å². The maximum Gasteiger partial charge on any atom is 0.247 e. The number of aromatic nitrogens is 2. The molecule has 2 aromatic carbocycles. The number of ether oxygens (including phenoxy) is 2. The number of hydrazone groups is 1. The van der Waals surface area contributed by atoms with Crippen LogP contribution in [-0.4, -0.2) is 35.5 Å². The lowest BCUT2D eigenvalue weighted by atomic mass is 10.2. The highest BCUT2D eigenvalue weighted by atomic mass is 32.1. The lowest BCUT2D eigenvalue weighted by Gasteiger charge is -2.09. The maximum atomic E-state index is 11.8. The summed E-state index contributed by atoms with van der Waals surface area (Å²) in [6.07, 6.45) is 2.43. The maximum absolute atomic E-state index is 11.8. The number of nitrogens with zero attached hydrogens (tertiary/aromatic N) is 3. The highest BCUT2D eigenvalue weighted by Crippen LogP contribution is 2.16. The molecule has 3 N–H and O–H groups in total. The number of hydrogen-bond donors (Lipinski definition) is 2. The predicted molar refractivity (Wildman–Crippen MR) is 117 cm³/mol. The van der Waals surface area contributed by atoms with Crippen molar-refractivity contribution in [2.75, 3.05) is 18.9 Å². The fraction of sp³-hybridized carbons (Fsp3) is 0.238.